The average Bonchev–Trinajstić information content (AvgIpc) is 2.42. The molecule has 0 aliphatic heterocycles. The Labute approximate surface area is 111 Å². The van der Waals surface area contributed by atoms with Crippen molar-refractivity contribution >= 4 is 0 Å². The van der Waals surface area contributed by atoms with Crippen molar-refractivity contribution in [2.45, 2.75) is 52.0 Å². The number of hydrogen-bond acceptors (Lipinski definition) is 3. The lowest BCUT2D eigenvalue weighted by Gasteiger charge is -2.10. The van der Waals surface area contributed by atoms with Crippen molar-refractivity contribution in [3.63, 3.8) is 0 Å². The minimum absolute atomic E-state index is 0.285. The Morgan fingerprint density at radius 2 is 2.00 bits per heavy atom. The summed E-state index contributed by atoms with van der Waals surface area (Å²) >= 11 is 0. The molecule has 0 saturated carbocycles. The second kappa shape index (κ2) is 8.92. The number of aromatic nitrogens is 1. The van der Waals surface area contributed by atoms with Gasteiger partial charge in [-0.1, -0.05) is 32.6 Å². The number of unbranched alkanes of at least 4 members (excludes halogenated alkanes) is 4. The molecule has 1 rings (SSSR count). The normalized spacial score (nSPS) is 12.4. The smallest absolute Gasteiger partial charge is 0.137 e. The van der Waals surface area contributed by atoms with E-state index in [4.69, 9.17) is 4.74 Å². The summed E-state index contributed by atoms with van der Waals surface area (Å²) in [7, 11) is 1.94. The first-order valence-corrected chi connectivity index (χ1v) is 7.04. The second-order valence-corrected chi connectivity index (χ2v) is 4.69. The molecule has 0 fully saturated rings. The fraction of sp³-hybridized carbons (Fsp3) is 0.667. The fourth-order valence-corrected chi connectivity index (χ4v) is 1.78. The van der Waals surface area contributed by atoms with E-state index in [1.807, 2.05) is 25.4 Å². The highest BCUT2D eigenvalue weighted by atomic mass is 16.5. The van der Waals surface area contributed by atoms with Crippen LogP contribution in [0.3, 0.4) is 0 Å². The van der Waals surface area contributed by atoms with Crippen LogP contribution in [-0.2, 0) is 0 Å². The van der Waals surface area contributed by atoms with Crippen molar-refractivity contribution in [2.75, 3.05) is 13.7 Å². The number of pyridine rings is 1. The van der Waals surface area contributed by atoms with E-state index < -0.39 is 0 Å². The van der Waals surface area contributed by atoms with Crippen LogP contribution in [0.2, 0.25) is 0 Å². The van der Waals surface area contributed by atoms with Crippen molar-refractivity contribution in [3.05, 3.63) is 24.0 Å². The van der Waals surface area contributed by atoms with Gasteiger partial charge in [0.1, 0.15) is 5.75 Å². The lowest BCUT2D eigenvalue weighted by Crippen LogP contribution is -2.13. The van der Waals surface area contributed by atoms with Crippen LogP contribution >= 0.6 is 0 Å². The molecule has 1 atom stereocenters. The van der Waals surface area contributed by atoms with E-state index in [2.05, 4.69) is 24.1 Å². The molecule has 0 amide bonds. The minimum Gasteiger partial charge on any atom is -0.492 e. The van der Waals surface area contributed by atoms with Crippen LogP contribution in [-0.4, -0.2) is 18.6 Å². The van der Waals surface area contributed by atoms with E-state index in [1.54, 1.807) is 0 Å². The molecular formula is C15H26N2O. The molecule has 0 radical (unpaired) electrons. The molecule has 0 aromatic carbocycles. The molecule has 3 heteroatoms. The van der Waals surface area contributed by atoms with E-state index in [9.17, 15) is 0 Å². The third kappa shape index (κ3) is 5.50. The fourth-order valence-electron chi connectivity index (χ4n) is 1.78. The van der Waals surface area contributed by atoms with Gasteiger partial charge in [-0.3, -0.25) is 4.98 Å². The van der Waals surface area contributed by atoms with Crippen LogP contribution < -0.4 is 10.1 Å². The molecular weight excluding hydrogens is 224 g/mol. The Bertz CT molecular complexity index is 311. The molecule has 0 saturated heterocycles. The minimum atomic E-state index is 0.285. The molecule has 1 aromatic heterocycles. The summed E-state index contributed by atoms with van der Waals surface area (Å²) in [6.07, 6.45) is 8.14. The topological polar surface area (TPSA) is 34.1 Å². The van der Waals surface area contributed by atoms with Crippen LogP contribution in [0.4, 0.5) is 0 Å². The SMILES string of the molecule is CCCCCCCOc1ccc(C(C)NC)nc1. The van der Waals surface area contributed by atoms with Gasteiger partial charge >= 0.3 is 0 Å². The van der Waals surface area contributed by atoms with Gasteiger partial charge in [-0.2, -0.15) is 0 Å². The summed E-state index contributed by atoms with van der Waals surface area (Å²) in [4.78, 5) is 4.39. The Morgan fingerprint density at radius 1 is 1.22 bits per heavy atom. The lowest BCUT2D eigenvalue weighted by molar-refractivity contribution is 0.303. The molecule has 1 N–H and O–H groups in total. The first kappa shape index (κ1) is 15.0. The van der Waals surface area contributed by atoms with Crippen molar-refractivity contribution < 1.29 is 4.74 Å². The largest absolute Gasteiger partial charge is 0.492 e. The maximum absolute atomic E-state index is 5.67. The van der Waals surface area contributed by atoms with E-state index in [1.165, 1.54) is 25.7 Å². The number of hydrogen-bond donors (Lipinski definition) is 1. The Balaban J connectivity index is 2.22. The predicted molar refractivity (Wildman–Crippen MR) is 76.0 cm³/mol. The average molecular weight is 250 g/mol. The lowest BCUT2D eigenvalue weighted by atomic mass is 10.2. The molecule has 1 aromatic rings. The van der Waals surface area contributed by atoms with Gasteiger partial charge in [0, 0.05) is 6.04 Å². The number of ether oxygens (including phenoxy) is 1. The Kier molecular flexibility index (Phi) is 7.42. The van der Waals surface area contributed by atoms with Crippen LogP contribution in [0.15, 0.2) is 18.3 Å². The van der Waals surface area contributed by atoms with Crippen LogP contribution in [0.5, 0.6) is 5.75 Å². The monoisotopic (exact) mass is 250 g/mol. The number of nitrogens with zero attached hydrogens (tertiary/aromatic N) is 1. The first-order chi connectivity index (χ1) is 8.77. The van der Waals surface area contributed by atoms with Gasteiger partial charge in [-0.05, 0) is 32.5 Å². The summed E-state index contributed by atoms with van der Waals surface area (Å²) in [5.74, 6) is 0.873. The maximum Gasteiger partial charge on any atom is 0.137 e. The highest BCUT2D eigenvalue weighted by Gasteiger charge is 2.03. The highest BCUT2D eigenvalue weighted by Crippen LogP contribution is 2.14. The van der Waals surface area contributed by atoms with E-state index in [0.717, 1.165) is 24.5 Å². The van der Waals surface area contributed by atoms with Gasteiger partial charge < -0.3 is 10.1 Å². The summed E-state index contributed by atoms with van der Waals surface area (Å²) in [5.41, 5.74) is 1.05. The first-order valence-electron chi connectivity index (χ1n) is 7.04. The molecule has 0 aliphatic carbocycles. The van der Waals surface area contributed by atoms with Crippen LogP contribution in [0.1, 0.15) is 57.7 Å². The molecule has 0 bridgehead atoms. The molecule has 102 valence electrons. The maximum atomic E-state index is 5.67. The second-order valence-electron chi connectivity index (χ2n) is 4.69. The summed E-state index contributed by atoms with van der Waals surface area (Å²) in [6.45, 7) is 5.12. The quantitative estimate of drug-likeness (QED) is 0.678. The summed E-state index contributed by atoms with van der Waals surface area (Å²) in [5, 5.41) is 3.17. The van der Waals surface area contributed by atoms with Crippen LogP contribution in [0, 0.1) is 0 Å². The zero-order valence-electron chi connectivity index (χ0n) is 11.9. The zero-order valence-corrected chi connectivity index (χ0v) is 11.9. The van der Waals surface area contributed by atoms with E-state index >= 15 is 0 Å². The molecule has 0 spiro atoms. The van der Waals surface area contributed by atoms with Crippen LogP contribution in [0.25, 0.3) is 0 Å². The molecule has 0 aliphatic rings. The summed E-state index contributed by atoms with van der Waals surface area (Å²) < 4.78 is 5.67. The van der Waals surface area contributed by atoms with Crippen molar-refractivity contribution in [2.24, 2.45) is 0 Å². The van der Waals surface area contributed by atoms with E-state index in [0.29, 0.717) is 0 Å². The molecule has 1 unspecified atom stereocenters. The predicted octanol–water partition coefficient (Wildman–Crippen LogP) is 3.71. The number of rotatable bonds is 9. The zero-order chi connectivity index (χ0) is 13.2. The number of nitrogens with one attached hydrogen (secondary N) is 1. The molecule has 1 heterocycles. The third-order valence-electron chi connectivity index (χ3n) is 3.15. The Hall–Kier alpha value is -1.09. The summed E-state index contributed by atoms with van der Waals surface area (Å²) in [6, 6.07) is 4.31. The molecule has 18 heavy (non-hydrogen) atoms. The van der Waals surface area contributed by atoms with Gasteiger partial charge in [0.05, 0.1) is 18.5 Å². The van der Waals surface area contributed by atoms with Crippen molar-refractivity contribution in [1.29, 1.82) is 0 Å². The highest BCUT2D eigenvalue weighted by molar-refractivity contribution is 5.21. The van der Waals surface area contributed by atoms with Gasteiger partial charge in [-0.25, -0.2) is 0 Å². The third-order valence-corrected chi connectivity index (χ3v) is 3.15. The molecule has 3 nitrogen and oxygen atoms in total. The van der Waals surface area contributed by atoms with Gasteiger partial charge in [0.2, 0.25) is 0 Å². The van der Waals surface area contributed by atoms with Crippen molar-refractivity contribution in [1.82, 2.24) is 10.3 Å². The van der Waals surface area contributed by atoms with Gasteiger partial charge in [-0.15, -0.1) is 0 Å². The van der Waals surface area contributed by atoms with Gasteiger partial charge in [0.15, 0.2) is 0 Å². The van der Waals surface area contributed by atoms with Gasteiger partial charge in [0.25, 0.3) is 0 Å². The Morgan fingerprint density at radius 3 is 2.61 bits per heavy atom. The van der Waals surface area contributed by atoms with Crippen molar-refractivity contribution in [3.8, 4) is 5.75 Å². The van der Waals surface area contributed by atoms with E-state index in [-0.39, 0.29) is 6.04 Å². The standard InChI is InChI=1S/C15H26N2O/c1-4-5-6-7-8-11-18-14-9-10-15(17-12-14)13(2)16-3/h9-10,12-13,16H,4-8,11H2,1-3H3.